The summed E-state index contributed by atoms with van der Waals surface area (Å²) in [5.41, 5.74) is 0.984. The lowest BCUT2D eigenvalue weighted by Gasteiger charge is -2.38. The highest BCUT2D eigenvalue weighted by molar-refractivity contribution is 5.96. The normalized spacial score (nSPS) is 23.1. The standard InChI is InChI=1S/C21H33N3O4/c1-6-13(4)24(19-9-18(28-8-3)15(7-2)10-23-19)21(27)17-12-22-11-16(14(5)25)20(17)26/h9-10,13,16-17,20,22,26H,6-8,11-12H2,1-5H3/t13?,16?,17?,20-/m1/s1. The number of Topliss-reactive ketones (excluding diaryl/α,β-unsaturated/α-hetero) is 1. The van der Waals surface area contributed by atoms with Crippen molar-refractivity contribution in [2.45, 2.75) is 59.6 Å². The monoisotopic (exact) mass is 391 g/mol. The molecule has 1 aliphatic heterocycles. The maximum Gasteiger partial charge on any atom is 0.235 e. The van der Waals surface area contributed by atoms with E-state index in [-0.39, 0.29) is 17.7 Å². The maximum absolute atomic E-state index is 13.4. The average molecular weight is 392 g/mol. The highest BCUT2D eigenvalue weighted by Gasteiger charge is 2.41. The summed E-state index contributed by atoms with van der Waals surface area (Å²) in [6, 6.07) is 1.70. The van der Waals surface area contributed by atoms with Gasteiger partial charge in [0.1, 0.15) is 17.4 Å². The number of anilines is 1. The van der Waals surface area contributed by atoms with Gasteiger partial charge in [-0.1, -0.05) is 13.8 Å². The van der Waals surface area contributed by atoms with Crippen molar-refractivity contribution in [2.24, 2.45) is 11.8 Å². The zero-order valence-corrected chi connectivity index (χ0v) is 17.6. The maximum atomic E-state index is 13.4. The number of aliphatic hydroxyl groups excluding tert-OH is 1. The van der Waals surface area contributed by atoms with Gasteiger partial charge < -0.3 is 15.2 Å². The molecule has 0 saturated carbocycles. The molecule has 0 spiro atoms. The number of carbonyl (C=O) groups is 2. The van der Waals surface area contributed by atoms with Crippen LogP contribution in [0.25, 0.3) is 0 Å². The summed E-state index contributed by atoms with van der Waals surface area (Å²) in [5, 5.41) is 13.8. The van der Waals surface area contributed by atoms with Gasteiger partial charge in [0.2, 0.25) is 5.91 Å². The summed E-state index contributed by atoms with van der Waals surface area (Å²) in [6.07, 6.45) is 2.26. The molecule has 1 aromatic rings. The van der Waals surface area contributed by atoms with Crippen molar-refractivity contribution < 1.29 is 19.4 Å². The lowest BCUT2D eigenvalue weighted by atomic mass is 9.83. The molecule has 2 N–H and O–H groups in total. The highest BCUT2D eigenvalue weighted by atomic mass is 16.5. The molecule has 0 aliphatic carbocycles. The molecule has 3 unspecified atom stereocenters. The summed E-state index contributed by atoms with van der Waals surface area (Å²) in [5.74, 6) is -0.371. The molecule has 1 aromatic heterocycles. The van der Waals surface area contributed by atoms with Crippen LogP contribution in [0, 0.1) is 11.8 Å². The van der Waals surface area contributed by atoms with Crippen molar-refractivity contribution in [3.63, 3.8) is 0 Å². The number of ketones is 1. The second kappa shape index (κ2) is 9.98. The first-order valence-corrected chi connectivity index (χ1v) is 10.2. The topological polar surface area (TPSA) is 91.8 Å². The summed E-state index contributed by atoms with van der Waals surface area (Å²) < 4.78 is 5.74. The van der Waals surface area contributed by atoms with E-state index in [9.17, 15) is 14.7 Å². The first kappa shape index (κ1) is 22.3. The lowest BCUT2D eigenvalue weighted by Crippen LogP contribution is -2.56. The number of rotatable bonds is 8. The molecule has 1 saturated heterocycles. The second-order valence-corrected chi connectivity index (χ2v) is 7.37. The zero-order chi connectivity index (χ0) is 20.8. The first-order chi connectivity index (χ1) is 13.3. The molecule has 7 nitrogen and oxygen atoms in total. The zero-order valence-electron chi connectivity index (χ0n) is 17.6. The number of ether oxygens (including phenoxy) is 1. The van der Waals surface area contributed by atoms with Crippen LogP contribution in [-0.4, -0.2) is 53.6 Å². The van der Waals surface area contributed by atoms with Crippen LogP contribution in [0.3, 0.4) is 0 Å². The molecular weight excluding hydrogens is 358 g/mol. The Morgan fingerprint density at radius 1 is 1.32 bits per heavy atom. The number of amides is 1. The summed E-state index contributed by atoms with van der Waals surface area (Å²) in [6.45, 7) is 10.6. The van der Waals surface area contributed by atoms with Crippen LogP contribution in [0.15, 0.2) is 12.3 Å². The molecule has 2 rings (SSSR count). The predicted molar refractivity (Wildman–Crippen MR) is 109 cm³/mol. The predicted octanol–water partition coefficient (Wildman–Crippen LogP) is 1.96. The Morgan fingerprint density at radius 2 is 2.00 bits per heavy atom. The highest BCUT2D eigenvalue weighted by Crippen LogP contribution is 2.29. The Kier molecular flexibility index (Phi) is 7.95. The quantitative estimate of drug-likeness (QED) is 0.704. The molecule has 2 heterocycles. The summed E-state index contributed by atoms with van der Waals surface area (Å²) in [7, 11) is 0. The van der Waals surface area contributed by atoms with E-state index in [0.29, 0.717) is 25.5 Å². The van der Waals surface area contributed by atoms with E-state index in [0.717, 1.165) is 24.2 Å². The van der Waals surface area contributed by atoms with Crippen LogP contribution < -0.4 is 15.0 Å². The van der Waals surface area contributed by atoms with E-state index in [2.05, 4.69) is 10.3 Å². The average Bonchev–Trinajstić information content (AvgIpc) is 2.68. The van der Waals surface area contributed by atoms with Crippen LogP contribution >= 0.6 is 0 Å². The number of aliphatic hydroxyl groups is 1. The van der Waals surface area contributed by atoms with Gasteiger partial charge >= 0.3 is 0 Å². The first-order valence-electron chi connectivity index (χ1n) is 10.2. The van der Waals surface area contributed by atoms with Crippen LogP contribution in [0.5, 0.6) is 5.75 Å². The Morgan fingerprint density at radius 3 is 2.57 bits per heavy atom. The van der Waals surface area contributed by atoms with Gasteiger partial charge in [-0.2, -0.15) is 0 Å². The summed E-state index contributed by atoms with van der Waals surface area (Å²) >= 11 is 0. The van der Waals surface area contributed by atoms with E-state index in [1.807, 2.05) is 27.7 Å². The third-order valence-electron chi connectivity index (χ3n) is 5.52. The number of aryl methyl sites for hydroxylation is 1. The number of nitrogens with one attached hydrogen (secondary N) is 1. The van der Waals surface area contributed by atoms with Gasteiger partial charge in [0.25, 0.3) is 0 Å². The number of aromatic nitrogens is 1. The minimum absolute atomic E-state index is 0.105. The van der Waals surface area contributed by atoms with Gasteiger partial charge in [-0.25, -0.2) is 4.98 Å². The van der Waals surface area contributed by atoms with Crippen molar-refractivity contribution in [1.82, 2.24) is 10.3 Å². The number of hydrogen-bond acceptors (Lipinski definition) is 6. The Bertz CT molecular complexity index is 694. The molecular formula is C21H33N3O4. The van der Waals surface area contributed by atoms with E-state index >= 15 is 0 Å². The minimum atomic E-state index is -1.00. The van der Waals surface area contributed by atoms with Crippen LogP contribution in [0.1, 0.15) is 46.6 Å². The van der Waals surface area contributed by atoms with E-state index in [1.54, 1.807) is 17.2 Å². The number of piperidine rings is 1. The second-order valence-electron chi connectivity index (χ2n) is 7.37. The van der Waals surface area contributed by atoms with Gasteiger partial charge in [-0.15, -0.1) is 0 Å². The fourth-order valence-corrected chi connectivity index (χ4v) is 3.59. The number of carbonyl (C=O) groups excluding carboxylic acids is 2. The SMILES string of the molecule is CCOc1cc(N(C(=O)C2CNCC(C(C)=O)[C@H]2O)C(C)CC)ncc1CC. The van der Waals surface area contributed by atoms with Crippen molar-refractivity contribution >= 4 is 17.5 Å². The molecule has 1 aliphatic rings. The van der Waals surface area contributed by atoms with E-state index in [4.69, 9.17) is 4.74 Å². The Balaban J connectivity index is 2.39. The molecule has 0 radical (unpaired) electrons. The number of nitrogens with zero attached hydrogens (tertiary/aromatic N) is 2. The Hall–Kier alpha value is -1.99. The third-order valence-corrected chi connectivity index (χ3v) is 5.52. The molecule has 1 fully saturated rings. The van der Waals surface area contributed by atoms with E-state index < -0.39 is 17.9 Å². The molecule has 0 aromatic carbocycles. The van der Waals surface area contributed by atoms with Gasteiger partial charge in [0, 0.05) is 37.0 Å². The molecule has 1 amide bonds. The van der Waals surface area contributed by atoms with Gasteiger partial charge in [0.05, 0.1) is 24.5 Å². The number of pyridine rings is 1. The molecule has 4 atom stereocenters. The molecule has 0 bridgehead atoms. The van der Waals surface area contributed by atoms with Crippen LogP contribution in [0.4, 0.5) is 5.82 Å². The molecule has 7 heteroatoms. The Labute approximate surface area is 167 Å². The van der Waals surface area contributed by atoms with Crippen molar-refractivity contribution in [2.75, 3.05) is 24.6 Å². The molecule has 28 heavy (non-hydrogen) atoms. The van der Waals surface area contributed by atoms with Crippen molar-refractivity contribution in [3.05, 3.63) is 17.8 Å². The smallest absolute Gasteiger partial charge is 0.235 e. The summed E-state index contributed by atoms with van der Waals surface area (Å²) in [4.78, 5) is 31.4. The fourth-order valence-electron chi connectivity index (χ4n) is 3.59. The minimum Gasteiger partial charge on any atom is -0.493 e. The molecule has 156 valence electrons. The van der Waals surface area contributed by atoms with Gasteiger partial charge in [-0.3, -0.25) is 14.5 Å². The van der Waals surface area contributed by atoms with Gasteiger partial charge in [0.15, 0.2) is 0 Å². The van der Waals surface area contributed by atoms with Crippen LogP contribution in [0.2, 0.25) is 0 Å². The number of hydrogen-bond donors (Lipinski definition) is 2. The lowest BCUT2D eigenvalue weighted by molar-refractivity contribution is -0.134. The van der Waals surface area contributed by atoms with Crippen molar-refractivity contribution in [3.8, 4) is 5.75 Å². The van der Waals surface area contributed by atoms with Gasteiger partial charge in [-0.05, 0) is 33.6 Å². The largest absolute Gasteiger partial charge is 0.493 e. The fraction of sp³-hybridized carbons (Fsp3) is 0.667. The third kappa shape index (κ3) is 4.70. The van der Waals surface area contributed by atoms with Crippen LogP contribution in [-0.2, 0) is 16.0 Å². The van der Waals surface area contributed by atoms with Crippen molar-refractivity contribution in [1.29, 1.82) is 0 Å². The van der Waals surface area contributed by atoms with E-state index in [1.165, 1.54) is 6.92 Å².